The third kappa shape index (κ3) is 164000. The predicted molar refractivity (Wildman–Crippen MR) is 175 cm³/mol. The van der Waals surface area contributed by atoms with Gasteiger partial charge in [-0.1, -0.05) is 0 Å². The first kappa shape index (κ1) is 131. The van der Waals surface area contributed by atoms with Gasteiger partial charge in [0.1, 0.15) is 0 Å². The molecule has 352 valence electrons. The van der Waals surface area contributed by atoms with E-state index in [1.807, 2.05) is 0 Å². The van der Waals surface area contributed by atoms with Crippen LogP contribution in [0.1, 0.15) is 0 Å². The van der Waals surface area contributed by atoms with Gasteiger partial charge in [-0.3, -0.25) is 0 Å². The van der Waals surface area contributed by atoms with E-state index in [1.165, 1.54) is 0 Å². The molecule has 44 nitrogen and oxygen atoms in total. The molecule has 0 fully saturated rings. The number of hydrogen-bond acceptors (Lipinski definition) is 39. The minimum absolute atomic E-state index is 0. The molecule has 0 unspecified atom stereocenters. The van der Waals surface area contributed by atoms with Crippen LogP contribution in [-0.4, -0.2) is 308 Å². The molecule has 0 saturated heterocycles. The molecule has 0 rings (SSSR count). The van der Waals surface area contributed by atoms with Gasteiger partial charge in [0.2, 0.25) is 0 Å². The van der Waals surface area contributed by atoms with Crippen LogP contribution in [0.15, 0.2) is 0 Å². The molecule has 0 aromatic rings. The molecule has 59 heteroatoms. The van der Waals surface area contributed by atoms with Gasteiger partial charge in [0.25, 0.3) is 0 Å². The Morgan fingerprint density at radius 2 is 0.153 bits per heavy atom. The topological polar surface area (TPSA) is 952 Å². The summed E-state index contributed by atoms with van der Waals surface area (Å²) < 4.78 is 0. The molecule has 0 bridgehead atoms. The van der Waals surface area contributed by atoms with Crippen LogP contribution in [0.4, 0.5) is 0 Å². The third-order valence-electron chi connectivity index (χ3n) is 0. The van der Waals surface area contributed by atoms with Gasteiger partial charge in [0.15, 0.2) is 0 Å². The van der Waals surface area contributed by atoms with E-state index in [9.17, 15) is 0 Å². The molecular formula is H47B13Na2O44. The molecule has 0 spiro atoms. The summed E-state index contributed by atoms with van der Waals surface area (Å²) in [5.74, 6) is 0. The molecule has 0 aliphatic carbocycles. The fourth-order valence-electron chi connectivity index (χ4n) is 0. The van der Waals surface area contributed by atoms with Crippen LogP contribution in [0.2, 0.25) is 0 Å². The summed E-state index contributed by atoms with van der Waals surface area (Å²) in [7, 11) is -28.7. The fraction of sp³-hybridized carbons (Fsp3) is 0. The third-order valence-corrected chi connectivity index (χ3v) is 0. The molecule has 0 aromatic carbocycles. The minimum Gasteiger partial charge on any atom is -0.871 e. The normalized spacial score (nSPS) is 5.95. The average Bonchev–Trinajstić information content (AvgIpc) is 2.67. The van der Waals surface area contributed by atoms with Gasteiger partial charge in [-0.15, -0.1) is 0 Å². The summed E-state index contributed by atoms with van der Waals surface area (Å²) in [6.45, 7) is 0. The molecule has 0 radical (unpaired) electrons. The summed E-state index contributed by atoms with van der Waals surface area (Å²) in [6, 6.07) is 0. The Hall–Kier alpha value is 1.08. The van der Waals surface area contributed by atoms with Crippen LogP contribution in [0.25, 0.3) is 0 Å². The first-order valence-electron chi connectivity index (χ1n) is 10.0. The summed E-state index contributed by atoms with van der Waals surface area (Å²) in [5, 5.41) is 282. The maximum atomic E-state index is 8.53. The fourth-order valence-corrected chi connectivity index (χ4v) is 0. The van der Waals surface area contributed by atoms with Gasteiger partial charge >= 0.3 is 147 Å². The van der Waals surface area contributed by atoms with Crippen molar-refractivity contribution in [2.45, 2.75) is 0 Å². The second-order valence-electron chi connectivity index (χ2n) is 4.46. The van der Waals surface area contributed by atoms with E-state index in [-0.39, 0.29) is 86.5 Å². The van der Waals surface area contributed by atoms with Gasteiger partial charge in [-0.25, -0.2) is 0 Å². The smallest absolute Gasteiger partial charge is 0.871 e. The van der Waals surface area contributed by atoms with Gasteiger partial charge < -0.3 is 223 Å². The summed E-state index contributed by atoms with van der Waals surface area (Å²) >= 11 is 0. The first-order valence-corrected chi connectivity index (χ1v) is 10.0. The molecule has 0 atom stereocenters. The zero-order valence-corrected chi connectivity index (χ0v) is 33.4. The van der Waals surface area contributed by atoms with Crippen molar-refractivity contribution in [3.05, 3.63) is 0 Å². The molecule has 0 heterocycles. The van der Waals surface area contributed by atoms with Crippen molar-refractivity contribution in [2.75, 3.05) is 0 Å². The van der Waals surface area contributed by atoms with E-state index >= 15 is 0 Å². The quantitative estimate of drug-likeness (QED) is 0.100. The van der Waals surface area contributed by atoms with Gasteiger partial charge in [-0.05, 0) is 0 Å². The first-order chi connectivity index (χ1) is 22.5. The van der Waals surface area contributed by atoms with E-state index in [2.05, 4.69) is 0 Å². The van der Waals surface area contributed by atoms with Crippen molar-refractivity contribution >= 4 is 95.2 Å². The van der Waals surface area contributed by atoms with Crippen LogP contribution in [0, 0.1) is 0 Å². The monoisotopic (exact) mass is 940 g/mol. The molecular weight excluding hydrogens is 890 g/mol. The molecule has 0 amide bonds. The van der Waals surface area contributed by atoms with Gasteiger partial charge in [0, 0.05) is 0 Å². The second kappa shape index (κ2) is 124. The van der Waals surface area contributed by atoms with E-state index in [1.54, 1.807) is 0 Å². The SMILES string of the molecule is O.O.O.O.O.OB(O)O.OB(O)O.OB(O)O.OB(O)O.OB(O)O.OB(O)O.OB(O)O.OB(O)O.OB(O)O.OB(O)O.OB(O)O.OB(O)O.[Na+].[Na+].[O-]B([O-])O. The van der Waals surface area contributed by atoms with Crippen molar-refractivity contribution < 1.29 is 282 Å². The maximum Gasteiger partial charge on any atom is 1.00 e. The van der Waals surface area contributed by atoms with Gasteiger partial charge in [0.05, 0.1) is 7.32 Å². The van der Waals surface area contributed by atoms with Crippen molar-refractivity contribution in [1.82, 2.24) is 0 Å². The van der Waals surface area contributed by atoms with Crippen LogP contribution in [0.3, 0.4) is 0 Å². The molecule has 0 aromatic heterocycles. The zero-order valence-electron chi connectivity index (χ0n) is 29.4. The summed E-state index contributed by atoms with van der Waals surface area (Å²) in [4.78, 5) is 0. The molecule has 0 saturated carbocycles. The predicted octanol–water partition coefficient (Wildman–Crippen LogP) is -38.1. The Morgan fingerprint density at radius 3 is 0.153 bits per heavy atom. The molecule has 0 aliphatic rings. The zero-order chi connectivity index (χ0) is 46.5. The van der Waals surface area contributed by atoms with Crippen LogP contribution in [-0.2, 0) is 0 Å². The van der Waals surface area contributed by atoms with Crippen LogP contribution >= 0.6 is 0 Å². The largest absolute Gasteiger partial charge is 1.00 e. The van der Waals surface area contributed by atoms with Crippen LogP contribution < -0.4 is 69.2 Å². The summed E-state index contributed by atoms with van der Waals surface area (Å²) in [5.41, 5.74) is 0. The van der Waals surface area contributed by atoms with E-state index in [0.29, 0.717) is 0 Å². The maximum absolute atomic E-state index is 8.53. The Bertz CT molecular complexity index is 263. The van der Waals surface area contributed by atoms with E-state index < -0.39 is 95.2 Å². The Balaban J connectivity index is -0.0000000154. The minimum atomic E-state index is -2.67. The van der Waals surface area contributed by atoms with Crippen molar-refractivity contribution in [3.63, 3.8) is 0 Å². The molecule has 0 aliphatic heterocycles. The molecule has 59 heavy (non-hydrogen) atoms. The average molecular weight is 938 g/mol. The Morgan fingerprint density at radius 1 is 0.153 bits per heavy atom. The van der Waals surface area contributed by atoms with Crippen molar-refractivity contribution in [3.8, 4) is 0 Å². The second-order valence-corrected chi connectivity index (χ2v) is 4.46. The Labute approximate surface area is 376 Å². The number of hydrogen-bond donors (Lipinski definition) is 37. The standard InChI is InChI=1S/12BH3O3.BHO3.2Na.5H2O/c13*2-1(3)4;;;;;;;/h12*2-4H;2H;;;5*1H2/q;;;;;;;;;;;;-2;2*+1;;;;;. The van der Waals surface area contributed by atoms with Crippen molar-refractivity contribution in [1.29, 1.82) is 0 Å². The summed E-state index contributed by atoms with van der Waals surface area (Å²) in [6.07, 6.45) is 0. The molecule has 47 N–H and O–H groups in total. The van der Waals surface area contributed by atoms with Crippen molar-refractivity contribution in [2.24, 2.45) is 0 Å². The van der Waals surface area contributed by atoms with Gasteiger partial charge in [-0.2, -0.15) is 0 Å². The Kier molecular flexibility index (Phi) is 275. The van der Waals surface area contributed by atoms with E-state index in [4.69, 9.17) is 196 Å². The van der Waals surface area contributed by atoms with E-state index in [0.717, 1.165) is 0 Å². The number of rotatable bonds is 0. The van der Waals surface area contributed by atoms with Crippen LogP contribution in [0.5, 0.6) is 0 Å².